The van der Waals surface area contributed by atoms with Gasteiger partial charge in [-0.05, 0) is 55.0 Å². The molecule has 1 saturated heterocycles. The quantitative estimate of drug-likeness (QED) is 0.178. The van der Waals surface area contributed by atoms with Crippen LogP contribution in [0.3, 0.4) is 0 Å². The van der Waals surface area contributed by atoms with E-state index in [4.69, 9.17) is 9.72 Å². The van der Waals surface area contributed by atoms with Crippen molar-refractivity contribution in [1.29, 1.82) is 0 Å². The Morgan fingerprint density at radius 1 is 0.950 bits per heavy atom. The smallest absolute Gasteiger partial charge is 0.343 e. The van der Waals surface area contributed by atoms with Crippen molar-refractivity contribution in [2.24, 2.45) is 0 Å². The normalized spacial score (nSPS) is 14.2. The summed E-state index contributed by atoms with van der Waals surface area (Å²) < 4.78 is 34.0. The zero-order valence-electron chi connectivity index (χ0n) is 22.8. The minimum absolute atomic E-state index is 0.171. The highest BCUT2D eigenvalue weighted by Crippen LogP contribution is 2.32. The van der Waals surface area contributed by atoms with Crippen molar-refractivity contribution in [3.63, 3.8) is 0 Å². The Bertz CT molecular complexity index is 1550. The number of fused-ring (bicyclic) bond motifs is 1. The van der Waals surface area contributed by atoms with Gasteiger partial charge < -0.3 is 14.5 Å². The van der Waals surface area contributed by atoms with E-state index in [1.165, 1.54) is 34.3 Å². The van der Waals surface area contributed by atoms with Crippen LogP contribution in [0, 0.1) is 0 Å². The largest absolute Gasteiger partial charge is 0.423 e. The second-order valence-electron chi connectivity index (χ2n) is 9.70. The first-order valence-corrected chi connectivity index (χ1v) is 15.9. The number of para-hydroxylation sites is 1. The van der Waals surface area contributed by atoms with Crippen LogP contribution in [0.4, 0.5) is 10.8 Å². The third-order valence-corrected chi connectivity index (χ3v) is 10.1. The number of carbonyl (C=O) groups is 1. The molecule has 0 aliphatic carbocycles. The van der Waals surface area contributed by atoms with Crippen molar-refractivity contribution in [2.75, 3.05) is 49.1 Å². The number of piperazine rings is 1. The number of esters is 1. The number of unbranched alkanes of at least 4 members (excludes halogenated alkanes) is 1. The van der Waals surface area contributed by atoms with E-state index in [1.54, 1.807) is 17.4 Å². The van der Waals surface area contributed by atoms with E-state index in [1.807, 2.05) is 32.0 Å². The summed E-state index contributed by atoms with van der Waals surface area (Å²) in [4.78, 5) is 22.5. The molecule has 40 heavy (non-hydrogen) atoms. The molecule has 0 bridgehead atoms. The van der Waals surface area contributed by atoms with Gasteiger partial charge >= 0.3 is 5.97 Å². The number of aromatic nitrogens is 1. The first-order valence-electron chi connectivity index (χ1n) is 13.7. The predicted molar refractivity (Wildman–Crippen MR) is 161 cm³/mol. The minimum atomic E-state index is -3.60. The topological polar surface area (TPSA) is 83.0 Å². The Labute approximate surface area is 239 Å². The van der Waals surface area contributed by atoms with Crippen LogP contribution < -0.4 is 14.5 Å². The van der Waals surface area contributed by atoms with Gasteiger partial charge in [0, 0.05) is 51.0 Å². The summed E-state index contributed by atoms with van der Waals surface area (Å²) in [5, 5.41) is 0.961. The number of thiazole rings is 1. The lowest BCUT2D eigenvalue weighted by molar-refractivity contribution is 0.0735. The fraction of sp³-hybridized carbons (Fsp3) is 0.333. The zero-order valence-corrected chi connectivity index (χ0v) is 24.5. The maximum Gasteiger partial charge on any atom is 0.343 e. The van der Waals surface area contributed by atoms with Gasteiger partial charge in [0.15, 0.2) is 5.13 Å². The summed E-state index contributed by atoms with van der Waals surface area (Å²) in [6, 6.07) is 21.8. The molecular formula is C30H34N4O4S2. The Morgan fingerprint density at radius 2 is 1.65 bits per heavy atom. The van der Waals surface area contributed by atoms with E-state index in [0.29, 0.717) is 18.8 Å². The first kappa shape index (κ1) is 28.1. The van der Waals surface area contributed by atoms with Gasteiger partial charge in [0.2, 0.25) is 10.0 Å². The van der Waals surface area contributed by atoms with Crippen LogP contribution in [0.1, 0.15) is 37.0 Å². The highest BCUT2D eigenvalue weighted by atomic mass is 32.2. The first-order chi connectivity index (χ1) is 19.4. The molecule has 0 N–H and O–H groups in total. The van der Waals surface area contributed by atoms with Gasteiger partial charge in [0.25, 0.3) is 0 Å². The molecular weight excluding hydrogens is 544 g/mol. The van der Waals surface area contributed by atoms with E-state index in [-0.39, 0.29) is 10.5 Å². The fourth-order valence-electron chi connectivity index (χ4n) is 4.75. The minimum Gasteiger partial charge on any atom is -0.423 e. The number of rotatable bonds is 10. The molecule has 8 nitrogen and oxygen atoms in total. The number of hydrogen-bond acceptors (Lipinski definition) is 8. The van der Waals surface area contributed by atoms with Gasteiger partial charge in [-0.15, -0.1) is 0 Å². The van der Waals surface area contributed by atoms with Crippen molar-refractivity contribution in [3.05, 3.63) is 78.4 Å². The second-order valence-corrected chi connectivity index (χ2v) is 12.6. The van der Waals surface area contributed by atoms with Crippen LogP contribution >= 0.6 is 11.3 Å². The van der Waals surface area contributed by atoms with Crippen molar-refractivity contribution in [3.8, 4) is 5.75 Å². The molecule has 1 aliphatic heterocycles. The van der Waals surface area contributed by atoms with Crippen LogP contribution in [0.25, 0.3) is 10.2 Å². The standard InChI is InChI=1S/C30H34N4O4S2/c1-3-5-17-34(4-2)40(36,37)26-14-11-23(12-15-26)29(35)38-25-13-16-27-28(22-25)39-30(31-27)33-20-18-32(19-21-33)24-9-7-6-8-10-24/h6-16,22H,3-5,17-21H2,1-2H3. The molecule has 10 heteroatoms. The number of hydrogen-bond donors (Lipinski definition) is 0. The number of benzene rings is 3. The van der Waals surface area contributed by atoms with Gasteiger partial charge in [0.05, 0.1) is 20.7 Å². The van der Waals surface area contributed by atoms with Gasteiger partial charge in [-0.1, -0.05) is 49.8 Å². The summed E-state index contributed by atoms with van der Waals surface area (Å²) in [7, 11) is -3.60. The lowest BCUT2D eigenvalue weighted by atomic mass is 10.2. The molecule has 5 rings (SSSR count). The summed E-state index contributed by atoms with van der Waals surface area (Å²) in [6.45, 7) is 8.36. The van der Waals surface area contributed by atoms with E-state index in [2.05, 4.69) is 34.1 Å². The lowest BCUT2D eigenvalue weighted by Gasteiger charge is -2.35. The molecule has 0 radical (unpaired) electrons. The molecule has 0 unspecified atom stereocenters. The van der Waals surface area contributed by atoms with Crippen LogP contribution in [-0.4, -0.2) is 62.9 Å². The molecule has 0 saturated carbocycles. The van der Waals surface area contributed by atoms with Crippen molar-refractivity contribution in [1.82, 2.24) is 9.29 Å². The highest BCUT2D eigenvalue weighted by molar-refractivity contribution is 7.89. The number of sulfonamides is 1. The van der Waals surface area contributed by atoms with Crippen molar-refractivity contribution < 1.29 is 17.9 Å². The van der Waals surface area contributed by atoms with Crippen molar-refractivity contribution >= 4 is 48.4 Å². The number of nitrogens with zero attached hydrogens (tertiary/aromatic N) is 4. The molecule has 1 fully saturated rings. The Morgan fingerprint density at radius 3 is 2.33 bits per heavy atom. The third kappa shape index (κ3) is 6.14. The Balaban J connectivity index is 1.23. The second kappa shape index (κ2) is 12.4. The van der Waals surface area contributed by atoms with Gasteiger partial charge in [-0.25, -0.2) is 18.2 Å². The summed E-state index contributed by atoms with van der Waals surface area (Å²) in [5.41, 5.74) is 2.39. The SMILES string of the molecule is CCCCN(CC)S(=O)(=O)c1ccc(C(=O)Oc2ccc3nc(N4CCN(c5ccccc5)CC4)sc3c2)cc1. The van der Waals surface area contributed by atoms with Crippen LogP contribution in [-0.2, 0) is 10.0 Å². The van der Waals surface area contributed by atoms with Gasteiger partial charge in [-0.2, -0.15) is 4.31 Å². The number of anilines is 2. The van der Waals surface area contributed by atoms with E-state index >= 15 is 0 Å². The molecule has 0 atom stereocenters. The number of ether oxygens (including phenoxy) is 1. The molecule has 2 heterocycles. The average Bonchev–Trinajstić information content (AvgIpc) is 3.41. The highest BCUT2D eigenvalue weighted by Gasteiger charge is 2.23. The molecule has 0 amide bonds. The summed E-state index contributed by atoms with van der Waals surface area (Å²) in [5.74, 6) is -0.113. The zero-order chi connectivity index (χ0) is 28.1. The predicted octanol–water partition coefficient (Wildman–Crippen LogP) is 5.65. The fourth-order valence-corrected chi connectivity index (χ4v) is 7.28. The molecule has 1 aromatic heterocycles. The third-order valence-electron chi connectivity index (χ3n) is 7.07. The number of carbonyl (C=O) groups excluding carboxylic acids is 1. The van der Waals surface area contributed by atoms with Crippen LogP contribution in [0.2, 0.25) is 0 Å². The molecule has 3 aromatic carbocycles. The molecule has 0 spiro atoms. The average molecular weight is 579 g/mol. The molecule has 210 valence electrons. The maximum atomic E-state index is 13.0. The monoisotopic (exact) mass is 578 g/mol. The molecule has 4 aromatic rings. The van der Waals surface area contributed by atoms with E-state index in [0.717, 1.165) is 54.4 Å². The maximum absolute atomic E-state index is 13.0. The van der Waals surface area contributed by atoms with Crippen molar-refractivity contribution in [2.45, 2.75) is 31.6 Å². The Kier molecular flexibility index (Phi) is 8.68. The van der Waals surface area contributed by atoms with Crippen LogP contribution in [0.5, 0.6) is 5.75 Å². The van der Waals surface area contributed by atoms with E-state index < -0.39 is 16.0 Å². The molecule has 1 aliphatic rings. The Hall–Kier alpha value is -3.47. The summed E-state index contributed by atoms with van der Waals surface area (Å²) >= 11 is 1.59. The summed E-state index contributed by atoms with van der Waals surface area (Å²) in [6.07, 6.45) is 1.71. The van der Waals surface area contributed by atoms with E-state index in [9.17, 15) is 13.2 Å². The van der Waals surface area contributed by atoms with Gasteiger partial charge in [0.1, 0.15) is 5.75 Å². The lowest BCUT2D eigenvalue weighted by Crippen LogP contribution is -2.46. The van der Waals surface area contributed by atoms with Gasteiger partial charge in [-0.3, -0.25) is 0 Å². The van der Waals surface area contributed by atoms with Crippen LogP contribution in [0.15, 0.2) is 77.7 Å².